The SMILES string of the molecule is CN(C(=O)c1ccc(Br)cc1Cl)c1ccc(Br)cc1N. The summed E-state index contributed by atoms with van der Waals surface area (Å²) in [7, 11) is 1.67. The van der Waals surface area contributed by atoms with Gasteiger partial charge in [0.15, 0.2) is 0 Å². The Balaban J connectivity index is 2.37. The Morgan fingerprint density at radius 2 is 1.75 bits per heavy atom. The lowest BCUT2D eigenvalue weighted by Crippen LogP contribution is -2.27. The maximum atomic E-state index is 12.5. The number of benzene rings is 2. The van der Waals surface area contributed by atoms with Gasteiger partial charge in [0.2, 0.25) is 0 Å². The zero-order valence-electron chi connectivity index (χ0n) is 10.5. The van der Waals surface area contributed by atoms with Gasteiger partial charge in [0.1, 0.15) is 0 Å². The number of nitrogen functional groups attached to an aromatic ring is 1. The summed E-state index contributed by atoms with van der Waals surface area (Å²) in [5, 5.41) is 0.395. The van der Waals surface area contributed by atoms with Crippen molar-refractivity contribution >= 4 is 60.7 Å². The zero-order chi connectivity index (χ0) is 14.9. The Bertz CT molecular complexity index is 676. The van der Waals surface area contributed by atoms with E-state index < -0.39 is 0 Å². The van der Waals surface area contributed by atoms with E-state index in [-0.39, 0.29) is 5.91 Å². The minimum atomic E-state index is -0.212. The van der Waals surface area contributed by atoms with Crippen LogP contribution in [0.4, 0.5) is 11.4 Å². The van der Waals surface area contributed by atoms with Crippen LogP contribution in [0, 0.1) is 0 Å². The molecular formula is C14H11Br2ClN2O. The number of carbonyl (C=O) groups excluding carboxylic acids is 1. The molecule has 2 aromatic carbocycles. The van der Waals surface area contributed by atoms with Crippen LogP contribution in [0.3, 0.4) is 0 Å². The summed E-state index contributed by atoms with van der Waals surface area (Å²) in [6.45, 7) is 0. The summed E-state index contributed by atoms with van der Waals surface area (Å²) < 4.78 is 1.69. The quantitative estimate of drug-likeness (QED) is 0.717. The largest absolute Gasteiger partial charge is 0.397 e. The van der Waals surface area contributed by atoms with E-state index in [1.54, 1.807) is 37.4 Å². The summed E-state index contributed by atoms with van der Waals surface area (Å²) in [4.78, 5) is 14.0. The van der Waals surface area contributed by atoms with Crippen molar-refractivity contribution in [1.82, 2.24) is 0 Å². The van der Waals surface area contributed by atoms with Gasteiger partial charge in [-0.3, -0.25) is 4.79 Å². The van der Waals surface area contributed by atoms with Gasteiger partial charge in [0.05, 0.1) is 22.0 Å². The molecule has 0 unspecified atom stereocenters. The number of halogens is 3. The first-order valence-electron chi connectivity index (χ1n) is 5.68. The topological polar surface area (TPSA) is 46.3 Å². The minimum absolute atomic E-state index is 0.212. The second-order valence-corrected chi connectivity index (χ2v) is 6.43. The molecular weight excluding hydrogens is 407 g/mol. The summed E-state index contributed by atoms with van der Waals surface area (Å²) in [6, 6.07) is 10.5. The molecule has 1 amide bonds. The second kappa shape index (κ2) is 6.16. The molecule has 3 nitrogen and oxygen atoms in total. The predicted octanol–water partition coefficient (Wildman–Crippen LogP) is 4.72. The number of carbonyl (C=O) groups is 1. The molecule has 0 aliphatic rings. The lowest BCUT2D eigenvalue weighted by atomic mass is 10.1. The molecule has 0 aromatic heterocycles. The summed E-state index contributed by atoms with van der Waals surface area (Å²) in [6.07, 6.45) is 0. The standard InChI is InChI=1S/C14H11Br2ClN2O/c1-19(13-5-3-9(16)7-12(13)18)14(20)10-4-2-8(15)6-11(10)17/h2-7H,18H2,1H3. The van der Waals surface area contributed by atoms with Gasteiger partial charge in [-0.2, -0.15) is 0 Å². The highest BCUT2D eigenvalue weighted by atomic mass is 79.9. The summed E-state index contributed by atoms with van der Waals surface area (Å²) in [5.74, 6) is -0.212. The first kappa shape index (κ1) is 15.4. The highest BCUT2D eigenvalue weighted by Crippen LogP contribution is 2.29. The number of hydrogen-bond donors (Lipinski definition) is 1. The predicted molar refractivity (Wildman–Crippen MR) is 90.4 cm³/mol. The molecule has 0 aliphatic carbocycles. The highest BCUT2D eigenvalue weighted by molar-refractivity contribution is 9.10. The van der Waals surface area contributed by atoms with Gasteiger partial charge in [-0.15, -0.1) is 0 Å². The molecule has 0 saturated heterocycles. The number of nitrogens with zero attached hydrogens (tertiary/aromatic N) is 1. The molecule has 0 heterocycles. The Morgan fingerprint density at radius 3 is 2.35 bits per heavy atom. The molecule has 6 heteroatoms. The van der Waals surface area contributed by atoms with E-state index in [9.17, 15) is 4.79 Å². The minimum Gasteiger partial charge on any atom is -0.397 e. The fourth-order valence-corrected chi connectivity index (χ4v) is 2.92. The molecule has 0 fully saturated rings. The van der Waals surface area contributed by atoms with Gasteiger partial charge in [-0.1, -0.05) is 43.5 Å². The average Bonchev–Trinajstić information content (AvgIpc) is 2.37. The Hall–Kier alpha value is -1.04. The lowest BCUT2D eigenvalue weighted by Gasteiger charge is -2.20. The van der Waals surface area contributed by atoms with Crippen molar-refractivity contribution in [3.8, 4) is 0 Å². The van der Waals surface area contributed by atoms with Crippen molar-refractivity contribution in [2.24, 2.45) is 0 Å². The van der Waals surface area contributed by atoms with E-state index in [0.29, 0.717) is 22.0 Å². The van der Waals surface area contributed by atoms with Gasteiger partial charge in [0.25, 0.3) is 5.91 Å². The zero-order valence-corrected chi connectivity index (χ0v) is 14.5. The number of hydrogen-bond acceptors (Lipinski definition) is 2. The van der Waals surface area contributed by atoms with Crippen LogP contribution in [0.1, 0.15) is 10.4 Å². The molecule has 20 heavy (non-hydrogen) atoms. The van der Waals surface area contributed by atoms with E-state index in [1.165, 1.54) is 4.90 Å². The number of rotatable bonds is 2. The molecule has 0 saturated carbocycles. The Labute approximate surface area is 139 Å². The van der Waals surface area contributed by atoms with Crippen LogP contribution >= 0.6 is 43.5 Å². The molecule has 0 atom stereocenters. The van der Waals surface area contributed by atoms with Crippen LogP contribution in [0.25, 0.3) is 0 Å². The van der Waals surface area contributed by atoms with Crippen LogP contribution in [0.2, 0.25) is 5.02 Å². The van der Waals surface area contributed by atoms with Crippen molar-refractivity contribution in [2.75, 3.05) is 17.7 Å². The van der Waals surface area contributed by atoms with Crippen LogP contribution < -0.4 is 10.6 Å². The maximum Gasteiger partial charge on any atom is 0.259 e. The smallest absolute Gasteiger partial charge is 0.259 e. The van der Waals surface area contributed by atoms with Gasteiger partial charge < -0.3 is 10.6 Å². The van der Waals surface area contributed by atoms with E-state index in [1.807, 2.05) is 6.07 Å². The lowest BCUT2D eigenvalue weighted by molar-refractivity contribution is 0.0993. The van der Waals surface area contributed by atoms with Crippen molar-refractivity contribution in [1.29, 1.82) is 0 Å². The third kappa shape index (κ3) is 3.16. The van der Waals surface area contributed by atoms with Crippen LogP contribution in [-0.2, 0) is 0 Å². The van der Waals surface area contributed by atoms with E-state index >= 15 is 0 Å². The van der Waals surface area contributed by atoms with Crippen molar-refractivity contribution in [2.45, 2.75) is 0 Å². The number of nitrogens with two attached hydrogens (primary N) is 1. The van der Waals surface area contributed by atoms with Crippen molar-refractivity contribution in [3.05, 3.63) is 55.9 Å². The summed E-state index contributed by atoms with van der Waals surface area (Å²) in [5.41, 5.74) is 7.52. The van der Waals surface area contributed by atoms with Gasteiger partial charge in [0, 0.05) is 16.0 Å². The summed E-state index contributed by atoms with van der Waals surface area (Å²) >= 11 is 12.8. The molecule has 0 aliphatic heterocycles. The van der Waals surface area contributed by atoms with Gasteiger partial charge in [-0.05, 0) is 36.4 Å². The van der Waals surface area contributed by atoms with E-state index in [2.05, 4.69) is 31.9 Å². The first-order valence-corrected chi connectivity index (χ1v) is 7.64. The van der Waals surface area contributed by atoms with Gasteiger partial charge >= 0.3 is 0 Å². The monoisotopic (exact) mass is 416 g/mol. The van der Waals surface area contributed by atoms with Crippen LogP contribution in [-0.4, -0.2) is 13.0 Å². The molecule has 0 spiro atoms. The fourth-order valence-electron chi connectivity index (χ4n) is 1.78. The van der Waals surface area contributed by atoms with Crippen molar-refractivity contribution in [3.63, 3.8) is 0 Å². The third-order valence-corrected chi connectivity index (χ3v) is 4.12. The molecule has 2 N–H and O–H groups in total. The molecule has 0 bridgehead atoms. The maximum absolute atomic E-state index is 12.5. The van der Waals surface area contributed by atoms with Crippen molar-refractivity contribution < 1.29 is 4.79 Å². The second-order valence-electron chi connectivity index (χ2n) is 4.19. The normalized spacial score (nSPS) is 10.4. The highest BCUT2D eigenvalue weighted by Gasteiger charge is 2.18. The van der Waals surface area contributed by atoms with E-state index in [4.69, 9.17) is 17.3 Å². The molecule has 0 radical (unpaired) electrons. The molecule has 2 rings (SSSR count). The third-order valence-electron chi connectivity index (χ3n) is 2.82. The van der Waals surface area contributed by atoms with Crippen LogP contribution in [0.15, 0.2) is 45.3 Å². The van der Waals surface area contributed by atoms with Crippen LogP contribution in [0.5, 0.6) is 0 Å². The number of anilines is 2. The van der Waals surface area contributed by atoms with Gasteiger partial charge in [-0.25, -0.2) is 0 Å². The number of amides is 1. The Kier molecular flexibility index (Phi) is 4.73. The Morgan fingerprint density at radius 1 is 1.15 bits per heavy atom. The molecule has 104 valence electrons. The first-order chi connectivity index (χ1) is 9.40. The average molecular weight is 419 g/mol. The van der Waals surface area contributed by atoms with E-state index in [0.717, 1.165) is 8.95 Å². The molecule has 2 aromatic rings. The fraction of sp³-hybridized carbons (Fsp3) is 0.0714.